The van der Waals surface area contributed by atoms with E-state index in [9.17, 15) is 18.0 Å². The summed E-state index contributed by atoms with van der Waals surface area (Å²) in [5.74, 6) is -2.10. The number of nitrogens with zero attached hydrogens (tertiary/aromatic N) is 1. The maximum absolute atomic E-state index is 12.5. The Bertz CT molecular complexity index is 1020. The molecule has 1 fully saturated rings. The molecule has 2 heterocycles. The number of aromatic nitrogens is 3. The van der Waals surface area contributed by atoms with Crippen molar-refractivity contribution in [1.82, 2.24) is 20.5 Å². The molecular formula is C21H23F3N4O3. The Morgan fingerprint density at radius 2 is 1.84 bits per heavy atom. The zero-order valence-electron chi connectivity index (χ0n) is 16.6. The van der Waals surface area contributed by atoms with Gasteiger partial charge in [-0.2, -0.15) is 18.3 Å². The summed E-state index contributed by atoms with van der Waals surface area (Å²) in [7, 11) is 0. The van der Waals surface area contributed by atoms with Crippen LogP contribution in [0.25, 0.3) is 22.0 Å². The Labute approximate surface area is 176 Å². The number of halogens is 3. The molecule has 1 aliphatic carbocycles. The van der Waals surface area contributed by atoms with E-state index in [0.29, 0.717) is 5.92 Å². The largest absolute Gasteiger partial charge is 0.490 e. The predicted molar refractivity (Wildman–Crippen MR) is 108 cm³/mol. The zero-order chi connectivity index (χ0) is 22.4. The third-order valence-electron chi connectivity index (χ3n) is 5.28. The maximum atomic E-state index is 12.5. The molecule has 0 unspecified atom stereocenters. The summed E-state index contributed by atoms with van der Waals surface area (Å²) in [6.07, 6.45) is 6.79. The number of carbonyl (C=O) groups is 2. The number of aliphatic carboxylic acids is 1. The lowest BCUT2D eigenvalue weighted by Gasteiger charge is -2.21. The van der Waals surface area contributed by atoms with Gasteiger partial charge >= 0.3 is 12.1 Å². The number of H-pyrrole nitrogens is 2. The number of nitrogens with one attached hydrogen (secondary N) is 3. The number of carboxylic acid groups (broad SMARTS) is 1. The lowest BCUT2D eigenvalue weighted by Crippen LogP contribution is -2.30. The number of benzene rings is 1. The molecule has 7 nitrogen and oxygen atoms in total. The minimum absolute atomic E-state index is 0.0166. The SMILES string of the molecule is O=C(NCC1CCCCC1)c1c[nH]c2cc(-c3cn[nH]c3)ccc12.O=C(O)C(F)(F)F. The van der Waals surface area contributed by atoms with Gasteiger partial charge in [-0.1, -0.05) is 31.4 Å². The van der Waals surface area contributed by atoms with Crippen LogP contribution in [-0.4, -0.2) is 44.9 Å². The lowest BCUT2D eigenvalue weighted by molar-refractivity contribution is -0.192. The first kappa shape index (κ1) is 22.4. The third-order valence-corrected chi connectivity index (χ3v) is 5.28. The van der Waals surface area contributed by atoms with Crippen molar-refractivity contribution in [2.24, 2.45) is 5.92 Å². The van der Waals surface area contributed by atoms with Crippen LogP contribution in [0, 0.1) is 5.92 Å². The van der Waals surface area contributed by atoms with Gasteiger partial charge in [-0.3, -0.25) is 9.89 Å². The Morgan fingerprint density at radius 1 is 1.13 bits per heavy atom. The van der Waals surface area contributed by atoms with Crippen LogP contribution in [0.1, 0.15) is 42.5 Å². The smallest absolute Gasteiger partial charge is 0.475 e. The number of hydrogen-bond donors (Lipinski definition) is 4. The van der Waals surface area contributed by atoms with E-state index in [1.54, 1.807) is 12.4 Å². The van der Waals surface area contributed by atoms with Gasteiger partial charge in [-0.05, 0) is 30.4 Å². The molecular weight excluding hydrogens is 413 g/mol. The van der Waals surface area contributed by atoms with Crippen molar-refractivity contribution in [3.05, 3.63) is 42.4 Å². The highest BCUT2D eigenvalue weighted by molar-refractivity contribution is 6.07. The summed E-state index contributed by atoms with van der Waals surface area (Å²) in [4.78, 5) is 24.6. The predicted octanol–water partition coefficient (Wildman–Crippen LogP) is 4.50. The minimum atomic E-state index is -5.08. The molecule has 31 heavy (non-hydrogen) atoms. The molecule has 10 heteroatoms. The highest BCUT2D eigenvalue weighted by Crippen LogP contribution is 2.26. The van der Waals surface area contributed by atoms with E-state index in [1.165, 1.54) is 32.1 Å². The van der Waals surface area contributed by atoms with E-state index < -0.39 is 12.1 Å². The van der Waals surface area contributed by atoms with Crippen LogP contribution in [0.4, 0.5) is 13.2 Å². The number of carboxylic acids is 1. The molecule has 0 bridgehead atoms. The second-order valence-corrected chi connectivity index (χ2v) is 7.47. The van der Waals surface area contributed by atoms with Gasteiger partial charge in [0.25, 0.3) is 5.91 Å². The maximum Gasteiger partial charge on any atom is 0.490 e. The van der Waals surface area contributed by atoms with Crippen molar-refractivity contribution in [1.29, 1.82) is 0 Å². The van der Waals surface area contributed by atoms with Gasteiger partial charge in [0.1, 0.15) is 0 Å². The molecule has 4 N–H and O–H groups in total. The van der Waals surface area contributed by atoms with Gasteiger partial charge in [0, 0.05) is 35.4 Å². The first-order chi connectivity index (χ1) is 14.8. The van der Waals surface area contributed by atoms with Gasteiger partial charge in [0.15, 0.2) is 0 Å². The summed E-state index contributed by atoms with van der Waals surface area (Å²) in [5.41, 5.74) is 3.80. The molecule has 0 aliphatic heterocycles. The number of amides is 1. The van der Waals surface area contributed by atoms with E-state index >= 15 is 0 Å². The highest BCUT2D eigenvalue weighted by Gasteiger charge is 2.38. The Balaban J connectivity index is 0.000000339. The van der Waals surface area contributed by atoms with E-state index in [0.717, 1.165) is 34.1 Å². The van der Waals surface area contributed by atoms with Crippen molar-refractivity contribution in [2.45, 2.75) is 38.3 Å². The van der Waals surface area contributed by atoms with Crippen LogP contribution in [0.15, 0.2) is 36.8 Å². The zero-order valence-corrected chi connectivity index (χ0v) is 16.6. The van der Waals surface area contributed by atoms with Crippen molar-refractivity contribution >= 4 is 22.8 Å². The van der Waals surface area contributed by atoms with E-state index in [2.05, 4.69) is 26.6 Å². The molecule has 4 rings (SSSR count). The average Bonchev–Trinajstić information content (AvgIpc) is 3.42. The number of rotatable bonds is 4. The number of hydrogen-bond acceptors (Lipinski definition) is 3. The van der Waals surface area contributed by atoms with Gasteiger partial charge < -0.3 is 15.4 Å². The number of alkyl halides is 3. The number of fused-ring (bicyclic) bond motifs is 1. The molecule has 0 radical (unpaired) electrons. The molecule has 0 atom stereocenters. The summed E-state index contributed by atoms with van der Waals surface area (Å²) < 4.78 is 31.7. The molecule has 1 aliphatic rings. The highest BCUT2D eigenvalue weighted by atomic mass is 19.4. The van der Waals surface area contributed by atoms with Gasteiger partial charge in [-0.25, -0.2) is 4.79 Å². The van der Waals surface area contributed by atoms with Crippen molar-refractivity contribution in [3.8, 4) is 11.1 Å². The second kappa shape index (κ2) is 9.67. The van der Waals surface area contributed by atoms with Gasteiger partial charge in [0.05, 0.1) is 11.8 Å². The third kappa shape index (κ3) is 5.87. The van der Waals surface area contributed by atoms with Crippen LogP contribution in [0.2, 0.25) is 0 Å². The normalized spacial score (nSPS) is 14.7. The average molecular weight is 436 g/mol. The summed E-state index contributed by atoms with van der Waals surface area (Å²) in [6, 6.07) is 6.08. The molecule has 0 saturated heterocycles. The first-order valence-electron chi connectivity index (χ1n) is 9.94. The van der Waals surface area contributed by atoms with E-state index in [4.69, 9.17) is 9.90 Å². The van der Waals surface area contributed by atoms with Crippen LogP contribution in [0.5, 0.6) is 0 Å². The minimum Gasteiger partial charge on any atom is -0.475 e. The molecule has 0 spiro atoms. The molecule has 1 amide bonds. The Hall–Kier alpha value is -3.30. The fraction of sp³-hybridized carbons (Fsp3) is 0.381. The first-order valence-corrected chi connectivity index (χ1v) is 9.94. The van der Waals surface area contributed by atoms with Crippen LogP contribution in [0.3, 0.4) is 0 Å². The molecule has 166 valence electrons. The van der Waals surface area contributed by atoms with Gasteiger partial charge in [0.2, 0.25) is 0 Å². The summed E-state index contributed by atoms with van der Waals surface area (Å²) in [6.45, 7) is 0.790. The number of carbonyl (C=O) groups excluding carboxylic acids is 1. The van der Waals surface area contributed by atoms with Crippen molar-refractivity contribution in [3.63, 3.8) is 0 Å². The van der Waals surface area contributed by atoms with Crippen LogP contribution in [-0.2, 0) is 4.79 Å². The molecule has 1 saturated carbocycles. The van der Waals surface area contributed by atoms with E-state index in [-0.39, 0.29) is 5.91 Å². The Morgan fingerprint density at radius 3 is 2.45 bits per heavy atom. The van der Waals surface area contributed by atoms with Crippen LogP contribution < -0.4 is 5.32 Å². The molecule has 2 aromatic heterocycles. The van der Waals surface area contributed by atoms with Crippen molar-refractivity contribution in [2.75, 3.05) is 6.54 Å². The summed E-state index contributed by atoms with van der Waals surface area (Å²) in [5, 5.41) is 18.0. The fourth-order valence-corrected chi connectivity index (χ4v) is 3.63. The number of aromatic amines is 2. The quantitative estimate of drug-likeness (QED) is 0.483. The standard InChI is InChI=1S/C19H22N4O.C2HF3O2/c24-19(21-9-13-4-2-1-3-5-13)17-12-20-18-8-14(6-7-16(17)18)15-10-22-23-11-15;3-2(4,5)1(6)7/h6-8,10-13,20H,1-5,9H2,(H,21,24)(H,22,23);(H,6,7). The van der Waals surface area contributed by atoms with Crippen LogP contribution >= 0.6 is 0 Å². The monoisotopic (exact) mass is 436 g/mol. The second-order valence-electron chi connectivity index (χ2n) is 7.47. The van der Waals surface area contributed by atoms with E-state index in [1.807, 2.05) is 18.3 Å². The fourth-order valence-electron chi connectivity index (χ4n) is 3.63. The molecule has 3 aromatic rings. The summed E-state index contributed by atoms with van der Waals surface area (Å²) >= 11 is 0. The molecule has 1 aromatic carbocycles. The topological polar surface area (TPSA) is 111 Å². The van der Waals surface area contributed by atoms with Gasteiger partial charge in [-0.15, -0.1) is 0 Å². The lowest BCUT2D eigenvalue weighted by atomic mass is 9.89. The van der Waals surface area contributed by atoms with Crippen molar-refractivity contribution < 1.29 is 27.9 Å². The Kier molecular flexibility index (Phi) is 6.98.